The van der Waals surface area contributed by atoms with Gasteiger partial charge in [0.2, 0.25) is 0 Å². The molecule has 0 saturated heterocycles. The number of benzene rings is 11. The number of nitrogens with zero attached hydrogens (tertiary/aromatic N) is 2. The molecule has 14 rings (SSSR count). The van der Waals surface area contributed by atoms with E-state index in [0.29, 0.717) is 0 Å². The summed E-state index contributed by atoms with van der Waals surface area (Å²) < 4.78 is 13.6. The quantitative estimate of drug-likeness (QED) is 0.0987. The maximum atomic E-state index is 8.72. The van der Waals surface area contributed by atoms with Crippen LogP contribution < -0.4 is 31.1 Å². The van der Waals surface area contributed by atoms with Gasteiger partial charge in [0.25, 0.3) is 16.6 Å². The van der Waals surface area contributed by atoms with Crippen LogP contribution in [0.4, 0.5) is 0 Å². The van der Waals surface area contributed by atoms with E-state index in [9.17, 15) is 0 Å². The van der Waals surface area contributed by atoms with Crippen LogP contribution in [0.2, 0.25) is 0 Å². The molecule has 11 aromatic carbocycles. The van der Waals surface area contributed by atoms with Crippen LogP contribution in [0.3, 0.4) is 0 Å². The molecule has 0 atom stereocenters. The molecule has 0 fully saturated rings. The van der Waals surface area contributed by atoms with Crippen molar-refractivity contribution < 1.29 is 4.12 Å². The zero-order valence-corrected chi connectivity index (χ0v) is 40.9. The zero-order valence-electron chi connectivity index (χ0n) is 38.9. The molecule has 0 aliphatic heterocycles. The van der Waals surface area contributed by atoms with Gasteiger partial charge in [-0.15, -0.1) is 0 Å². The van der Waals surface area contributed by atoms with Gasteiger partial charge in [0.1, 0.15) is 0 Å². The first kappa shape index (κ1) is 41.4. The molecular formula is C66H46N2OSi2. The Morgan fingerprint density at radius 1 is 0.254 bits per heavy atom. The third-order valence-electron chi connectivity index (χ3n) is 14.9. The molecule has 0 spiro atoms. The molecule has 3 aromatic heterocycles. The number of aromatic nitrogens is 2. The van der Waals surface area contributed by atoms with Gasteiger partial charge < -0.3 is 13.1 Å². The Hall–Kier alpha value is -8.59. The smallest absolute Gasteiger partial charge is 0.278 e. The molecule has 0 N–H and O–H groups in total. The lowest BCUT2D eigenvalue weighted by Crippen LogP contribution is -2.81. The van der Waals surface area contributed by atoms with E-state index in [4.69, 9.17) is 4.12 Å². The third-order valence-corrected chi connectivity index (χ3v) is 24.2. The second-order valence-corrected chi connectivity index (χ2v) is 25.7. The normalized spacial score (nSPS) is 12.3. The number of hydrogen-bond donors (Lipinski definition) is 0. The molecule has 0 radical (unpaired) electrons. The monoisotopic (exact) mass is 938 g/mol. The summed E-state index contributed by atoms with van der Waals surface area (Å²) in [7, 11) is -6.77. The highest BCUT2D eigenvalue weighted by Crippen LogP contribution is 2.43. The Morgan fingerprint density at radius 3 is 1.10 bits per heavy atom. The third kappa shape index (κ3) is 6.31. The van der Waals surface area contributed by atoms with Crippen molar-refractivity contribution in [2.45, 2.75) is 0 Å². The summed E-state index contributed by atoms with van der Waals surface area (Å²) in [6.07, 6.45) is 0. The van der Waals surface area contributed by atoms with E-state index in [-0.39, 0.29) is 0 Å². The van der Waals surface area contributed by atoms with E-state index in [2.05, 4.69) is 288 Å². The van der Waals surface area contributed by atoms with Gasteiger partial charge in [0, 0.05) is 38.0 Å². The molecule has 0 aliphatic rings. The molecule has 0 unspecified atom stereocenters. The molecule has 71 heavy (non-hydrogen) atoms. The lowest BCUT2D eigenvalue weighted by molar-refractivity contribution is 0.600. The van der Waals surface area contributed by atoms with Gasteiger partial charge in [-0.25, -0.2) is 0 Å². The highest BCUT2D eigenvalue weighted by molar-refractivity contribution is 7.18. The molecule has 0 aliphatic carbocycles. The van der Waals surface area contributed by atoms with Crippen molar-refractivity contribution in [3.05, 3.63) is 279 Å². The van der Waals surface area contributed by atoms with Crippen molar-refractivity contribution in [2.24, 2.45) is 0 Å². The molecule has 5 heteroatoms. The van der Waals surface area contributed by atoms with Crippen LogP contribution in [0, 0.1) is 0 Å². The van der Waals surface area contributed by atoms with Crippen LogP contribution in [-0.2, 0) is 4.12 Å². The van der Waals surface area contributed by atoms with Gasteiger partial charge in [-0.05, 0) is 96.8 Å². The van der Waals surface area contributed by atoms with Gasteiger partial charge in [-0.1, -0.05) is 224 Å². The largest absolute Gasteiger partial charge is 0.435 e. The van der Waals surface area contributed by atoms with Crippen LogP contribution in [0.15, 0.2) is 279 Å². The minimum Gasteiger partial charge on any atom is -0.435 e. The summed E-state index contributed by atoms with van der Waals surface area (Å²) in [5.41, 5.74) is 9.62. The molecule has 0 bridgehead atoms. The fourth-order valence-electron chi connectivity index (χ4n) is 11.9. The summed E-state index contributed by atoms with van der Waals surface area (Å²) >= 11 is 0. The highest BCUT2D eigenvalue weighted by Gasteiger charge is 2.53. The Morgan fingerprint density at radius 2 is 0.620 bits per heavy atom. The van der Waals surface area contributed by atoms with Crippen molar-refractivity contribution in [3.8, 4) is 16.8 Å². The first-order valence-electron chi connectivity index (χ1n) is 24.5. The van der Waals surface area contributed by atoms with Crippen LogP contribution in [0.25, 0.3) is 76.7 Å². The average Bonchev–Trinajstić information content (AvgIpc) is 4.10. The molecule has 334 valence electrons. The lowest BCUT2D eigenvalue weighted by Gasteiger charge is -2.44. The molecule has 0 saturated carbocycles. The summed E-state index contributed by atoms with van der Waals surface area (Å²) in [4.78, 5) is 0. The highest BCUT2D eigenvalue weighted by atomic mass is 28.4. The predicted molar refractivity (Wildman–Crippen MR) is 303 cm³/mol. The van der Waals surface area contributed by atoms with E-state index in [1.807, 2.05) is 0 Å². The van der Waals surface area contributed by atoms with E-state index < -0.39 is 16.6 Å². The zero-order chi connectivity index (χ0) is 46.9. The maximum Gasteiger partial charge on any atom is 0.278 e. The maximum absolute atomic E-state index is 8.72. The van der Waals surface area contributed by atoms with Gasteiger partial charge in [-0.2, -0.15) is 0 Å². The number of fused-ring (bicyclic) bond motifs is 9. The van der Waals surface area contributed by atoms with Crippen molar-refractivity contribution in [3.63, 3.8) is 0 Å². The number of rotatable bonds is 10. The second-order valence-electron chi connectivity index (χ2n) is 18.7. The van der Waals surface area contributed by atoms with Crippen LogP contribution in [-0.4, -0.2) is 25.6 Å². The number of para-hydroxylation sites is 3. The van der Waals surface area contributed by atoms with Crippen molar-refractivity contribution in [1.82, 2.24) is 8.97 Å². The topological polar surface area (TPSA) is 18.6 Å². The lowest BCUT2D eigenvalue weighted by atomic mass is 9.98. The molecule has 0 amide bonds. The molecule has 14 aromatic rings. The fourth-order valence-corrected chi connectivity index (χ4v) is 22.5. The second kappa shape index (κ2) is 16.5. The predicted octanol–water partition coefficient (Wildman–Crippen LogP) is 12.3. The summed E-state index contributed by atoms with van der Waals surface area (Å²) in [6.45, 7) is 0. The minimum absolute atomic E-state index is 1.10. The van der Waals surface area contributed by atoms with Crippen LogP contribution in [0.5, 0.6) is 0 Å². The first-order chi connectivity index (χ1) is 35.2. The van der Waals surface area contributed by atoms with Gasteiger partial charge in [0.05, 0.1) is 27.6 Å². The van der Waals surface area contributed by atoms with Gasteiger partial charge >= 0.3 is 0 Å². The Labute approximate surface area is 414 Å². The Kier molecular flexibility index (Phi) is 9.64. The molecule has 3 nitrogen and oxygen atoms in total. The van der Waals surface area contributed by atoms with Crippen molar-refractivity contribution in [2.75, 3.05) is 0 Å². The summed E-state index contributed by atoms with van der Waals surface area (Å²) in [5, 5.41) is 14.8. The Bertz CT molecular complexity index is 4030. The average molecular weight is 939 g/mol. The van der Waals surface area contributed by atoms with Crippen LogP contribution in [0.1, 0.15) is 0 Å². The van der Waals surface area contributed by atoms with E-state index in [0.717, 1.165) is 16.7 Å². The molecule has 3 heterocycles. The van der Waals surface area contributed by atoms with Crippen molar-refractivity contribution in [1.29, 1.82) is 0 Å². The Balaban J connectivity index is 1.00. The van der Waals surface area contributed by atoms with E-state index in [1.165, 1.54) is 91.1 Å². The summed E-state index contributed by atoms with van der Waals surface area (Å²) in [5.74, 6) is 0. The molecular weight excluding hydrogens is 893 g/mol. The SMILES string of the molecule is c1ccc([Si](O[Si](c2ccccc2)(c2ccccc2)c2cccc(-n3c4ccccc4c4cc(-c5cc6c7ccccc7n7c8ccccc8c(c5)c67)ccc43)c2)(c2ccccc2)c2ccccc2)cc1. The number of hydrogen-bond acceptors (Lipinski definition) is 1. The van der Waals surface area contributed by atoms with Crippen molar-refractivity contribution >= 4 is 108 Å². The van der Waals surface area contributed by atoms with E-state index >= 15 is 0 Å². The van der Waals surface area contributed by atoms with Gasteiger partial charge in [0.15, 0.2) is 0 Å². The van der Waals surface area contributed by atoms with Gasteiger partial charge in [-0.3, -0.25) is 0 Å². The fraction of sp³-hybridized carbons (Fsp3) is 0. The minimum atomic E-state index is -3.46. The summed E-state index contributed by atoms with van der Waals surface area (Å²) in [6, 6.07) is 103. The first-order valence-corrected chi connectivity index (χ1v) is 28.3. The standard InChI is InChI=1S/C66H46N2OSi2/c1-6-24-50(25-7-1)70(51-26-8-2-9-27-51,52-28-10-3-11-29-52)69-71(53-30-12-4-13-31-53,54-32-14-5-15-33-54)55-34-22-23-49(46-55)67-62-38-19-16-35-56(62)59-43-47(41-42-65(59)67)48-44-60-57-36-17-20-39-63(57)68-64-40-21-18-37-58(64)61(45-48)66(60)68/h1-46H. The van der Waals surface area contributed by atoms with E-state index in [1.54, 1.807) is 0 Å². The van der Waals surface area contributed by atoms with Crippen LogP contribution >= 0.6 is 0 Å².